The number of imide groups is 1. The monoisotopic (exact) mass is 466 g/mol. The van der Waals surface area contributed by atoms with Crippen LogP contribution >= 0.6 is 0 Å². The lowest BCUT2D eigenvalue weighted by molar-refractivity contribution is -0.167. The van der Waals surface area contributed by atoms with Crippen molar-refractivity contribution in [3.05, 3.63) is 59.5 Å². The number of hydrogen-bond donors (Lipinski definition) is 1. The highest BCUT2D eigenvalue weighted by Crippen LogP contribution is 2.42. The van der Waals surface area contributed by atoms with Gasteiger partial charge in [0.15, 0.2) is 6.04 Å². The van der Waals surface area contributed by atoms with Gasteiger partial charge in [-0.1, -0.05) is 24.3 Å². The number of hydrogen-bond acceptors (Lipinski definition) is 5. The van der Waals surface area contributed by atoms with Gasteiger partial charge in [0.2, 0.25) is 17.7 Å². The van der Waals surface area contributed by atoms with Crippen molar-refractivity contribution in [2.24, 2.45) is 0 Å². The lowest BCUT2D eigenvalue weighted by Crippen LogP contribution is -2.45. The van der Waals surface area contributed by atoms with Crippen molar-refractivity contribution in [3.63, 3.8) is 0 Å². The topological polar surface area (TPSA) is 88.8 Å². The summed E-state index contributed by atoms with van der Waals surface area (Å²) in [5.74, 6) is -2.58. The zero-order valence-corrected chi connectivity index (χ0v) is 18.3. The van der Waals surface area contributed by atoms with Crippen LogP contribution in [0.2, 0.25) is 0 Å². The number of nitrogens with one attached hydrogen (secondary N) is 1. The second-order valence-corrected chi connectivity index (χ2v) is 8.01. The van der Waals surface area contributed by atoms with Gasteiger partial charge in [-0.05, 0) is 36.6 Å². The van der Waals surface area contributed by atoms with Crippen molar-refractivity contribution >= 4 is 17.7 Å². The zero-order valence-electron chi connectivity index (χ0n) is 18.3. The molecule has 0 spiro atoms. The van der Waals surface area contributed by atoms with E-state index in [0.29, 0.717) is 24.2 Å². The Bertz CT molecular complexity index is 1010. The summed E-state index contributed by atoms with van der Waals surface area (Å²) in [6.45, 7) is 2.14. The summed E-state index contributed by atoms with van der Waals surface area (Å²) in [4.78, 5) is 40.2. The predicted molar refractivity (Wildman–Crippen MR) is 111 cm³/mol. The number of rotatable bonds is 9. The largest absolute Gasteiger partial charge is 0.467 e. The van der Waals surface area contributed by atoms with Gasteiger partial charge in [0.1, 0.15) is 5.76 Å². The molecule has 178 valence electrons. The molecule has 0 radical (unpaired) electrons. The van der Waals surface area contributed by atoms with Gasteiger partial charge in [-0.25, -0.2) is 0 Å². The Morgan fingerprint density at radius 1 is 1.24 bits per heavy atom. The fraction of sp³-hybridized carbons (Fsp3) is 0.435. The number of likely N-dealkylation sites (tertiary alicyclic amines) is 1. The van der Waals surface area contributed by atoms with Crippen LogP contribution in [-0.4, -0.2) is 49.1 Å². The summed E-state index contributed by atoms with van der Waals surface area (Å²) in [6, 6.07) is 6.76. The Labute approximate surface area is 188 Å². The molecule has 1 N–H and O–H groups in total. The van der Waals surface area contributed by atoms with Crippen LogP contribution in [0.25, 0.3) is 0 Å². The SMILES string of the molecule is COCCCN1C(=O)CC(CC(=O)NC(c2ccco2)C(F)(F)F)(c2ccccc2C)C1=O. The van der Waals surface area contributed by atoms with E-state index in [0.717, 1.165) is 17.2 Å². The third-order valence-corrected chi connectivity index (χ3v) is 5.72. The number of nitrogens with zero attached hydrogens (tertiary/aromatic N) is 1. The second kappa shape index (κ2) is 9.78. The summed E-state index contributed by atoms with van der Waals surface area (Å²) in [5.41, 5.74) is -0.503. The number of benzene rings is 1. The molecule has 0 aliphatic carbocycles. The number of aryl methyl sites for hydroxylation is 1. The van der Waals surface area contributed by atoms with Crippen LogP contribution in [0.4, 0.5) is 13.2 Å². The molecule has 2 heterocycles. The Balaban J connectivity index is 1.93. The van der Waals surface area contributed by atoms with Crippen molar-refractivity contribution < 1.29 is 36.7 Å². The minimum atomic E-state index is -4.81. The smallest absolute Gasteiger partial charge is 0.415 e. The molecule has 1 aromatic carbocycles. The molecule has 0 saturated carbocycles. The molecule has 1 fully saturated rings. The second-order valence-electron chi connectivity index (χ2n) is 8.01. The molecule has 0 bridgehead atoms. The van der Waals surface area contributed by atoms with Gasteiger partial charge in [0.05, 0.1) is 11.7 Å². The van der Waals surface area contributed by atoms with Crippen LogP contribution < -0.4 is 5.32 Å². The first-order valence-corrected chi connectivity index (χ1v) is 10.4. The third kappa shape index (κ3) is 5.11. The van der Waals surface area contributed by atoms with Gasteiger partial charge in [-0.2, -0.15) is 13.2 Å². The van der Waals surface area contributed by atoms with Gasteiger partial charge in [0.25, 0.3) is 0 Å². The Morgan fingerprint density at radius 3 is 2.58 bits per heavy atom. The highest BCUT2D eigenvalue weighted by atomic mass is 19.4. The maximum absolute atomic E-state index is 13.6. The van der Waals surface area contributed by atoms with Gasteiger partial charge in [-0.15, -0.1) is 0 Å². The standard InChI is InChI=1S/C23H25F3N2O5/c1-15-7-3-4-8-16(15)22(14-19(30)28(21(22)31)10-6-11-32-2)13-18(29)27-20(23(24,25)26)17-9-5-12-33-17/h3-5,7-9,12,20H,6,10-11,13-14H2,1-2H3,(H,27,29). The predicted octanol–water partition coefficient (Wildman–Crippen LogP) is 3.43. The molecule has 3 amide bonds. The van der Waals surface area contributed by atoms with Crippen LogP contribution in [0.5, 0.6) is 0 Å². The molecule has 1 saturated heterocycles. The van der Waals surface area contributed by atoms with Crippen molar-refractivity contribution in [2.75, 3.05) is 20.3 Å². The molecule has 2 atom stereocenters. The lowest BCUT2D eigenvalue weighted by atomic mass is 9.74. The average Bonchev–Trinajstić information content (AvgIpc) is 3.35. The van der Waals surface area contributed by atoms with E-state index >= 15 is 0 Å². The van der Waals surface area contributed by atoms with Gasteiger partial charge in [-0.3, -0.25) is 19.3 Å². The fourth-order valence-corrected chi connectivity index (χ4v) is 4.20. The highest BCUT2D eigenvalue weighted by Gasteiger charge is 2.54. The van der Waals surface area contributed by atoms with Gasteiger partial charge < -0.3 is 14.5 Å². The molecule has 2 unspecified atom stereocenters. The molecular weight excluding hydrogens is 441 g/mol. The summed E-state index contributed by atoms with van der Waals surface area (Å²) in [6.07, 6.45) is -4.26. The van der Waals surface area contributed by atoms with Crippen LogP contribution in [0.3, 0.4) is 0 Å². The molecule has 7 nitrogen and oxygen atoms in total. The Kier molecular flexibility index (Phi) is 7.26. The zero-order chi connectivity index (χ0) is 24.2. The number of carbonyl (C=O) groups excluding carboxylic acids is 3. The summed E-state index contributed by atoms with van der Waals surface area (Å²) in [7, 11) is 1.49. The fourth-order valence-electron chi connectivity index (χ4n) is 4.20. The number of alkyl halides is 3. The maximum atomic E-state index is 13.6. The molecule has 2 aromatic rings. The van der Waals surface area contributed by atoms with E-state index in [2.05, 4.69) is 0 Å². The maximum Gasteiger partial charge on any atom is 0.415 e. The lowest BCUT2D eigenvalue weighted by Gasteiger charge is -2.29. The molecule has 33 heavy (non-hydrogen) atoms. The van der Waals surface area contributed by atoms with Crippen LogP contribution in [-0.2, 0) is 24.5 Å². The van der Waals surface area contributed by atoms with Gasteiger partial charge in [0, 0.05) is 33.1 Å². The average molecular weight is 466 g/mol. The number of ether oxygens (including phenoxy) is 1. The van der Waals surface area contributed by atoms with E-state index < -0.39 is 47.5 Å². The van der Waals surface area contributed by atoms with E-state index in [1.54, 1.807) is 31.2 Å². The van der Waals surface area contributed by atoms with Crippen LogP contribution in [0.15, 0.2) is 47.1 Å². The van der Waals surface area contributed by atoms with E-state index in [1.807, 2.05) is 5.32 Å². The first-order chi connectivity index (χ1) is 15.6. The molecule has 1 aliphatic rings. The minimum Gasteiger partial charge on any atom is -0.467 e. The molecule has 1 aliphatic heterocycles. The van der Waals surface area contributed by atoms with Crippen LogP contribution in [0, 0.1) is 6.92 Å². The highest BCUT2D eigenvalue weighted by molar-refractivity contribution is 6.11. The van der Waals surface area contributed by atoms with E-state index in [9.17, 15) is 27.6 Å². The van der Waals surface area contributed by atoms with Crippen molar-refractivity contribution in [3.8, 4) is 0 Å². The third-order valence-electron chi connectivity index (χ3n) is 5.72. The molecule has 1 aromatic heterocycles. The number of amides is 3. The van der Waals surface area contributed by atoms with Gasteiger partial charge >= 0.3 is 6.18 Å². The number of furan rings is 1. The molecular formula is C23H25F3N2O5. The number of carbonyl (C=O) groups is 3. The minimum absolute atomic E-state index is 0.0956. The van der Waals surface area contributed by atoms with E-state index in [4.69, 9.17) is 9.15 Å². The summed E-state index contributed by atoms with van der Waals surface area (Å²) in [5, 5.41) is 1.94. The first kappa shape index (κ1) is 24.5. The summed E-state index contributed by atoms with van der Waals surface area (Å²) < 4.78 is 50.6. The normalized spacial score (nSPS) is 19.7. The molecule has 10 heteroatoms. The Hall–Kier alpha value is -3.14. The van der Waals surface area contributed by atoms with Crippen molar-refractivity contribution in [1.82, 2.24) is 10.2 Å². The molecule has 3 rings (SSSR count). The Morgan fingerprint density at radius 2 is 1.97 bits per heavy atom. The summed E-state index contributed by atoms with van der Waals surface area (Å²) >= 11 is 0. The van der Waals surface area contributed by atoms with Crippen molar-refractivity contribution in [2.45, 2.75) is 43.8 Å². The van der Waals surface area contributed by atoms with Crippen LogP contribution in [0.1, 0.15) is 42.2 Å². The number of halogens is 3. The quantitative estimate of drug-likeness (QED) is 0.452. The van der Waals surface area contributed by atoms with E-state index in [1.165, 1.54) is 13.2 Å². The number of methoxy groups -OCH3 is 1. The first-order valence-electron chi connectivity index (χ1n) is 10.4. The van der Waals surface area contributed by atoms with Crippen molar-refractivity contribution in [1.29, 1.82) is 0 Å². The van der Waals surface area contributed by atoms with E-state index in [-0.39, 0.29) is 13.0 Å².